The number of aliphatic hydroxyl groups excluding tert-OH is 1. The molecule has 0 bridgehead atoms. The van der Waals surface area contributed by atoms with Gasteiger partial charge in [-0.05, 0) is 45.8 Å². The molecule has 1 heterocycles. The monoisotopic (exact) mass is 350 g/mol. The molecule has 0 aliphatic carbocycles. The van der Waals surface area contributed by atoms with Gasteiger partial charge in [-0.15, -0.1) is 13.2 Å². The molecule has 7 heteroatoms. The van der Waals surface area contributed by atoms with Gasteiger partial charge in [-0.2, -0.15) is 0 Å². The Hall–Kier alpha value is -1.47. The van der Waals surface area contributed by atoms with Gasteiger partial charge < -0.3 is 14.3 Å². The molecule has 0 fully saturated rings. The van der Waals surface area contributed by atoms with Crippen molar-refractivity contribution in [3.05, 3.63) is 52.4 Å². The van der Waals surface area contributed by atoms with Crippen molar-refractivity contribution in [1.82, 2.24) is 0 Å². The van der Waals surface area contributed by atoms with Crippen LogP contribution in [0, 0.1) is 0 Å². The summed E-state index contributed by atoms with van der Waals surface area (Å²) in [5.41, 5.74) is 0.666. The van der Waals surface area contributed by atoms with E-state index in [-0.39, 0.29) is 12.2 Å². The molecule has 3 nitrogen and oxygen atoms in total. The standard InChI is InChI=1S/C13H10BrF3O3/c14-12-6-5-11(19-12)10(18)7-8-1-3-9(4-2-8)20-13(15,16)17/h1-6,10,18H,7H2. The van der Waals surface area contributed by atoms with Gasteiger partial charge >= 0.3 is 6.36 Å². The third-order valence-electron chi connectivity index (χ3n) is 2.51. The van der Waals surface area contributed by atoms with E-state index in [9.17, 15) is 18.3 Å². The molecule has 20 heavy (non-hydrogen) atoms. The van der Waals surface area contributed by atoms with Crippen LogP contribution in [-0.2, 0) is 6.42 Å². The molecule has 2 aromatic rings. The highest BCUT2D eigenvalue weighted by molar-refractivity contribution is 9.10. The van der Waals surface area contributed by atoms with Crippen molar-refractivity contribution in [2.45, 2.75) is 18.9 Å². The molecular weight excluding hydrogens is 341 g/mol. The number of ether oxygens (including phenoxy) is 1. The van der Waals surface area contributed by atoms with Crippen LogP contribution in [0.1, 0.15) is 17.4 Å². The first kappa shape index (κ1) is 14.9. The Morgan fingerprint density at radius 2 is 1.80 bits per heavy atom. The first-order chi connectivity index (χ1) is 9.33. The van der Waals surface area contributed by atoms with Gasteiger partial charge in [0.05, 0.1) is 0 Å². The number of furan rings is 1. The Labute approximate surface area is 121 Å². The zero-order chi connectivity index (χ0) is 14.8. The topological polar surface area (TPSA) is 42.6 Å². The third kappa shape index (κ3) is 4.28. The number of alkyl halides is 3. The van der Waals surface area contributed by atoms with Crippen molar-refractivity contribution in [2.24, 2.45) is 0 Å². The summed E-state index contributed by atoms with van der Waals surface area (Å²) in [7, 11) is 0. The second-order valence-electron chi connectivity index (χ2n) is 4.05. The minimum absolute atomic E-state index is 0.228. The third-order valence-corrected chi connectivity index (χ3v) is 2.93. The summed E-state index contributed by atoms with van der Waals surface area (Å²) in [5, 5.41) is 9.92. The Kier molecular flexibility index (Phi) is 4.39. The van der Waals surface area contributed by atoms with Gasteiger partial charge in [0.2, 0.25) is 0 Å². The van der Waals surface area contributed by atoms with E-state index >= 15 is 0 Å². The summed E-state index contributed by atoms with van der Waals surface area (Å²) < 4.78 is 45.5. The smallest absolute Gasteiger partial charge is 0.452 e. The van der Waals surface area contributed by atoms with Crippen LogP contribution in [0.15, 0.2) is 45.5 Å². The number of hydrogen-bond donors (Lipinski definition) is 1. The average molecular weight is 351 g/mol. The number of aliphatic hydroxyl groups is 1. The van der Waals surface area contributed by atoms with Crippen LogP contribution in [0.5, 0.6) is 5.75 Å². The molecule has 0 aliphatic heterocycles. The van der Waals surface area contributed by atoms with Gasteiger partial charge in [0, 0.05) is 6.42 Å². The van der Waals surface area contributed by atoms with Crippen molar-refractivity contribution in [1.29, 1.82) is 0 Å². The predicted octanol–water partition coefficient (Wildman–Crippen LogP) is 4.22. The van der Waals surface area contributed by atoms with Crippen LogP contribution in [0.4, 0.5) is 13.2 Å². The maximum Gasteiger partial charge on any atom is 0.573 e. The molecule has 1 N–H and O–H groups in total. The second kappa shape index (κ2) is 5.88. The molecule has 2 rings (SSSR count). The van der Waals surface area contributed by atoms with E-state index in [2.05, 4.69) is 20.7 Å². The van der Waals surface area contributed by atoms with E-state index in [1.165, 1.54) is 24.3 Å². The van der Waals surface area contributed by atoms with Crippen LogP contribution in [0.3, 0.4) is 0 Å². The SMILES string of the molecule is OC(Cc1ccc(OC(F)(F)F)cc1)c1ccc(Br)o1. The highest BCUT2D eigenvalue weighted by Gasteiger charge is 2.30. The molecular formula is C13H10BrF3O3. The largest absolute Gasteiger partial charge is 0.573 e. The summed E-state index contributed by atoms with van der Waals surface area (Å²) in [6, 6.07) is 8.60. The fourth-order valence-electron chi connectivity index (χ4n) is 1.66. The number of halogens is 4. The molecule has 0 amide bonds. The van der Waals surface area contributed by atoms with Crippen LogP contribution in [0.25, 0.3) is 0 Å². The second-order valence-corrected chi connectivity index (χ2v) is 4.84. The maximum absolute atomic E-state index is 12.0. The molecule has 108 valence electrons. The summed E-state index contributed by atoms with van der Waals surface area (Å²) >= 11 is 3.12. The lowest BCUT2D eigenvalue weighted by Gasteiger charge is -2.10. The van der Waals surface area contributed by atoms with Gasteiger partial charge in [0.1, 0.15) is 17.6 Å². The van der Waals surface area contributed by atoms with Crippen molar-refractivity contribution < 1.29 is 27.4 Å². The fraction of sp³-hybridized carbons (Fsp3) is 0.231. The van der Waals surface area contributed by atoms with Gasteiger partial charge in [-0.1, -0.05) is 12.1 Å². The van der Waals surface area contributed by atoms with E-state index in [0.29, 0.717) is 16.0 Å². The molecule has 1 atom stereocenters. The Bertz CT molecular complexity index is 563. The summed E-state index contributed by atoms with van der Waals surface area (Å²) in [6.45, 7) is 0. The summed E-state index contributed by atoms with van der Waals surface area (Å²) in [4.78, 5) is 0. The highest BCUT2D eigenvalue weighted by atomic mass is 79.9. The van der Waals surface area contributed by atoms with Crippen LogP contribution >= 0.6 is 15.9 Å². The van der Waals surface area contributed by atoms with Gasteiger partial charge in [-0.3, -0.25) is 0 Å². The molecule has 1 aromatic heterocycles. The minimum Gasteiger partial charge on any atom is -0.452 e. The Morgan fingerprint density at radius 1 is 1.15 bits per heavy atom. The predicted molar refractivity (Wildman–Crippen MR) is 68.2 cm³/mol. The van der Waals surface area contributed by atoms with Crippen molar-refractivity contribution in [3.63, 3.8) is 0 Å². The summed E-state index contributed by atoms with van der Waals surface area (Å²) in [5.74, 6) is 0.0870. The normalized spacial score (nSPS) is 13.2. The number of hydrogen-bond acceptors (Lipinski definition) is 3. The molecule has 0 radical (unpaired) electrons. The van der Waals surface area contributed by atoms with Gasteiger partial charge in [-0.25, -0.2) is 0 Å². The maximum atomic E-state index is 12.0. The molecule has 0 aliphatic rings. The lowest BCUT2D eigenvalue weighted by Crippen LogP contribution is -2.17. The van der Waals surface area contributed by atoms with Crippen LogP contribution in [0.2, 0.25) is 0 Å². The lowest BCUT2D eigenvalue weighted by atomic mass is 10.1. The van der Waals surface area contributed by atoms with Gasteiger partial charge in [0.25, 0.3) is 0 Å². The lowest BCUT2D eigenvalue weighted by molar-refractivity contribution is -0.274. The van der Waals surface area contributed by atoms with E-state index in [4.69, 9.17) is 4.42 Å². The van der Waals surface area contributed by atoms with E-state index in [1.54, 1.807) is 12.1 Å². The fourth-order valence-corrected chi connectivity index (χ4v) is 1.98. The first-order valence-electron chi connectivity index (χ1n) is 5.61. The first-order valence-corrected chi connectivity index (χ1v) is 6.41. The van der Waals surface area contributed by atoms with Gasteiger partial charge in [0.15, 0.2) is 4.67 Å². The zero-order valence-electron chi connectivity index (χ0n) is 10.0. The van der Waals surface area contributed by atoms with Crippen LogP contribution in [-0.4, -0.2) is 11.5 Å². The molecule has 0 saturated heterocycles. The number of rotatable bonds is 4. The van der Waals surface area contributed by atoms with Crippen molar-refractivity contribution in [3.8, 4) is 5.75 Å². The molecule has 1 unspecified atom stereocenters. The molecule has 0 spiro atoms. The van der Waals surface area contributed by atoms with Crippen molar-refractivity contribution in [2.75, 3.05) is 0 Å². The number of benzene rings is 1. The van der Waals surface area contributed by atoms with E-state index in [1.807, 2.05) is 0 Å². The molecule has 0 saturated carbocycles. The average Bonchev–Trinajstić information content (AvgIpc) is 2.77. The van der Waals surface area contributed by atoms with E-state index < -0.39 is 12.5 Å². The Balaban J connectivity index is 2.00. The Morgan fingerprint density at radius 3 is 2.30 bits per heavy atom. The van der Waals surface area contributed by atoms with E-state index in [0.717, 1.165) is 0 Å². The minimum atomic E-state index is -4.71. The quantitative estimate of drug-likeness (QED) is 0.897. The van der Waals surface area contributed by atoms with Crippen molar-refractivity contribution >= 4 is 15.9 Å². The van der Waals surface area contributed by atoms with Crippen LogP contribution < -0.4 is 4.74 Å². The zero-order valence-corrected chi connectivity index (χ0v) is 11.6. The summed E-state index contributed by atoms with van der Waals surface area (Å²) in [6.07, 6.45) is -5.34. The molecule has 1 aromatic carbocycles. The highest BCUT2D eigenvalue weighted by Crippen LogP contribution is 2.26.